The molecule has 0 aliphatic carbocycles. The molecular formula is C15H23FN2O2. The van der Waals surface area contributed by atoms with Crippen LogP contribution in [0.5, 0.6) is 0 Å². The average Bonchev–Trinajstić information content (AvgIpc) is 2.38. The van der Waals surface area contributed by atoms with Crippen molar-refractivity contribution in [2.45, 2.75) is 26.7 Å². The van der Waals surface area contributed by atoms with Crippen molar-refractivity contribution in [1.82, 2.24) is 5.32 Å². The lowest BCUT2D eigenvalue weighted by atomic mass is 9.94. The number of anilines is 1. The molecule has 2 amide bonds. The summed E-state index contributed by atoms with van der Waals surface area (Å²) < 4.78 is 13.4. The van der Waals surface area contributed by atoms with Gasteiger partial charge in [-0.1, -0.05) is 26.0 Å². The summed E-state index contributed by atoms with van der Waals surface area (Å²) in [7, 11) is 0. The number of aliphatic hydroxyl groups excluding tert-OH is 1. The fourth-order valence-corrected chi connectivity index (χ4v) is 2.12. The number of amides is 2. The SMILES string of the molecule is CC(C)CC(CCO)CNC(=O)Nc1ccccc1F. The van der Waals surface area contributed by atoms with E-state index < -0.39 is 11.8 Å². The van der Waals surface area contributed by atoms with E-state index in [2.05, 4.69) is 24.5 Å². The zero-order valence-electron chi connectivity index (χ0n) is 12.0. The topological polar surface area (TPSA) is 61.4 Å². The Hall–Kier alpha value is -1.62. The maximum Gasteiger partial charge on any atom is 0.319 e. The lowest BCUT2D eigenvalue weighted by Crippen LogP contribution is -2.34. The predicted molar refractivity (Wildman–Crippen MR) is 78.1 cm³/mol. The van der Waals surface area contributed by atoms with Gasteiger partial charge in [0, 0.05) is 13.2 Å². The van der Waals surface area contributed by atoms with E-state index in [1.54, 1.807) is 12.1 Å². The number of para-hydroxylation sites is 1. The van der Waals surface area contributed by atoms with Crippen LogP contribution < -0.4 is 10.6 Å². The van der Waals surface area contributed by atoms with Gasteiger partial charge in [-0.3, -0.25) is 0 Å². The Morgan fingerprint density at radius 3 is 2.65 bits per heavy atom. The molecule has 20 heavy (non-hydrogen) atoms. The highest BCUT2D eigenvalue weighted by Gasteiger charge is 2.12. The highest BCUT2D eigenvalue weighted by Crippen LogP contribution is 2.15. The number of rotatable bonds is 7. The summed E-state index contributed by atoms with van der Waals surface area (Å²) in [6.07, 6.45) is 1.58. The minimum atomic E-state index is -0.461. The number of halogens is 1. The third kappa shape index (κ3) is 6.02. The standard InChI is InChI=1S/C15H23FN2O2/c1-11(2)9-12(7-8-19)10-17-15(20)18-14-6-4-3-5-13(14)16/h3-6,11-12,19H,7-10H2,1-2H3,(H2,17,18,20). The van der Waals surface area contributed by atoms with Gasteiger partial charge >= 0.3 is 6.03 Å². The largest absolute Gasteiger partial charge is 0.396 e. The second-order valence-electron chi connectivity index (χ2n) is 5.32. The molecule has 5 heteroatoms. The number of aliphatic hydroxyl groups is 1. The third-order valence-electron chi connectivity index (χ3n) is 3.02. The van der Waals surface area contributed by atoms with Crippen molar-refractivity contribution in [2.75, 3.05) is 18.5 Å². The molecule has 0 saturated carbocycles. The van der Waals surface area contributed by atoms with Gasteiger partial charge in [-0.15, -0.1) is 0 Å². The van der Waals surface area contributed by atoms with Gasteiger partial charge in [0.2, 0.25) is 0 Å². The summed E-state index contributed by atoms with van der Waals surface area (Å²) in [4.78, 5) is 11.7. The van der Waals surface area contributed by atoms with Crippen LogP contribution in [0.25, 0.3) is 0 Å². The summed E-state index contributed by atoms with van der Waals surface area (Å²) >= 11 is 0. The first-order valence-electron chi connectivity index (χ1n) is 6.93. The number of hydrogen-bond acceptors (Lipinski definition) is 2. The van der Waals surface area contributed by atoms with Crippen LogP contribution in [0.1, 0.15) is 26.7 Å². The molecular weight excluding hydrogens is 259 g/mol. The molecule has 0 bridgehead atoms. The van der Waals surface area contributed by atoms with Gasteiger partial charge in [-0.05, 0) is 36.8 Å². The Balaban J connectivity index is 2.43. The zero-order chi connectivity index (χ0) is 15.0. The first-order valence-corrected chi connectivity index (χ1v) is 6.93. The Morgan fingerprint density at radius 1 is 1.35 bits per heavy atom. The first-order chi connectivity index (χ1) is 9.52. The second kappa shape index (κ2) is 8.53. The lowest BCUT2D eigenvalue weighted by molar-refractivity contribution is 0.231. The molecule has 3 N–H and O–H groups in total. The molecule has 1 unspecified atom stereocenters. The van der Waals surface area contributed by atoms with E-state index in [4.69, 9.17) is 5.11 Å². The number of urea groups is 1. The number of carbonyl (C=O) groups is 1. The van der Waals surface area contributed by atoms with Crippen molar-refractivity contribution < 1.29 is 14.3 Å². The monoisotopic (exact) mass is 282 g/mol. The fourth-order valence-electron chi connectivity index (χ4n) is 2.12. The highest BCUT2D eigenvalue weighted by molar-refractivity contribution is 5.89. The second-order valence-corrected chi connectivity index (χ2v) is 5.32. The van der Waals surface area contributed by atoms with Crippen molar-refractivity contribution in [3.63, 3.8) is 0 Å². The van der Waals surface area contributed by atoms with Crippen LogP contribution in [0.2, 0.25) is 0 Å². The van der Waals surface area contributed by atoms with Gasteiger partial charge in [0.1, 0.15) is 5.82 Å². The maximum atomic E-state index is 13.4. The van der Waals surface area contributed by atoms with E-state index >= 15 is 0 Å². The van der Waals surface area contributed by atoms with Crippen LogP contribution in [0.4, 0.5) is 14.9 Å². The quantitative estimate of drug-likeness (QED) is 0.720. The molecule has 0 aliphatic rings. The number of benzene rings is 1. The molecule has 0 fully saturated rings. The molecule has 4 nitrogen and oxygen atoms in total. The van der Waals surface area contributed by atoms with Crippen molar-refractivity contribution in [3.05, 3.63) is 30.1 Å². The molecule has 0 aromatic heterocycles. The summed E-state index contributed by atoms with van der Waals surface area (Å²) in [6.45, 7) is 4.78. The molecule has 0 radical (unpaired) electrons. The van der Waals surface area contributed by atoms with Crippen molar-refractivity contribution in [3.8, 4) is 0 Å². The predicted octanol–water partition coefficient (Wildman–Crippen LogP) is 2.99. The first kappa shape index (κ1) is 16.4. The van der Waals surface area contributed by atoms with Crippen LogP contribution >= 0.6 is 0 Å². The van der Waals surface area contributed by atoms with Crippen molar-refractivity contribution in [2.24, 2.45) is 11.8 Å². The van der Waals surface area contributed by atoms with E-state index in [0.29, 0.717) is 18.9 Å². The van der Waals surface area contributed by atoms with E-state index in [9.17, 15) is 9.18 Å². The van der Waals surface area contributed by atoms with Gasteiger partial charge in [-0.25, -0.2) is 9.18 Å². The van der Waals surface area contributed by atoms with Gasteiger partial charge < -0.3 is 15.7 Å². The van der Waals surface area contributed by atoms with E-state index in [0.717, 1.165) is 6.42 Å². The van der Waals surface area contributed by atoms with Crippen LogP contribution in [0.3, 0.4) is 0 Å². The van der Waals surface area contributed by atoms with Crippen LogP contribution in [-0.2, 0) is 0 Å². The minimum absolute atomic E-state index is 0.105. The Labute approximate surface area is 119 Å². The maximum absolute atomic E-state index is 13.4. The van der Waals surface area contributed by atoms with Crippen LogP contribution in [-0.4, -0.2) is 24.3 Å². The normalized spacial score (nSPS) is 12.2. The summed E-state index contributed by atoms with van der Waals surface area (Å²) in [5.41, 5.74) is 0.160. The fraction of sp³-hybridized carbons (Fsp3) is 0.533. The number of nitrogens with one attached hydrogen (secondary N) is 2. The average molecular weight is 282 g/mol. The molecule has 1 rings (SSSR count). The molecule has 1 aromatic carbocycles. The molecule has 0 heterocycles. The highest BCUT2D eigenvalue weighted by atomic mass is 19.1. The Morgan fingerprint density at radius 2 is 2.05 bits per heavy atom. The summed E-state index contributed by atoms with van der Waals surface area (Å²) in [6, 6.07) is 5.60. The molecule has 0 saturated heterocycles. The molecule has 112 valence electrons. The van der Waals surface area contributed by atoms with Gasteiger partial charge in [0.25, 0.3) is 0 Å². The third-order valence-corrected chi connectivity index (χ3v) is 3.02. The molecule has 1 aromatic rings. The van der Waals surface area contributed by atoms with Crippen molar-refractivity contribution in [1.29, 1.82) is 0 Å². The molecule has 0 aliphatic heterocycles. The van der Waals surface area contributed by atoms with Crippen LogP contribution in [0.15, 0.2) is 24.3 Å². The van der Waals surface area contributed by atoms with Gasteiger partial charge in [0.15, 0.2) is 0 Å². The Bertz CT molecular complexity index is 424. The van der Waals surface area contributed by atoms with E-state index in [-0.39, 0.29) is 18.2 Å². The lowest BCUT2D eigenvalue weighted by Gasteiger charge is -2.18. The minimum Gasteiger partial charge on any atom is -0.396 e. The summed E-state index contributed by atoms with van der Waals surface area (Å²) in [5.74, 6) is 0.270. The summed E-state index contributed by atoms with van der Waals surface area (Å²) in [5, 5.41) is 14.2. The smallest absolute Gasteiger partial charge is 0.319 e. The number of carbonyl (C=O) groups excluding carboxylic acids is 1. The van der Waals surface area contributed by atoms with Gasteiger partial charge in [0.05, 0.1) is 5.69 Å². The molecule has 1 atom stereocenters. The Kier molecular flexibility index (Phi) is 7.01. The zero-order valence-corrected chi connectivity index (χ0v) is 12.0. The van der Waals surface area contributed by atoms with E-state index in [1.165, 1.54) is 12.1 Å². The van der Waals surface area contributed by atoms with Crippen LogP contribution in [0, 0.1) is 17.7 Å². The van der Waals surface area contributed by atoms with E-state index in [1.807, 2.05) is 0 Å². The van der Waals surface area contributed by atoms with Gasteiger partial charge in [-0.2, -0.15) is 0 Å². The number of hydrogen-bond donors (Lipinski definition) is 3. The van der Waals surface area contributed by atoms with Crippen molar-refractivity contribution >= 4 is 11.7 Å². The molecule has 0 spiro atoms.